The number of halogens is 3. The molecule has 0 atom stereocenters. The van der Waals surface area contributed by atoms with Crippen molar-refractivity contribution < 1.29 is 23.0 Å². The Labute approximate surface area is 604 Å². The molecule has 0 bridgehead atoms. The Morgan fingerprint density at radius 3 is 1.07 bits per heavy atom. The summed E-state index contributed by atoms with van der Waals surface area (Å²) in [5, 5.41) is 45.8. The molecular formula is C86H47F3N14O4. The Morgan fingerprint density at radius 2 is 0.710 bits per heavy atom. The summed E-state index contributed by atoms with van der Waals surface area (Å²) in [5.74, 6) is 0. The molecule has 0 fully saturated rings. The first-order valence-corrected chi connectivity index (χ1v) is 33.3. The molecule has 18 aromatic rings. The number of aromatic nitrogens is 8. The van der Waals surface area contributed by atoms with Gasteiger partial charge in [-0.05, 0) is 233 Å². The molecule has 8 heterocycles. The minimum Gasteiger partial charge on any atom is -0.308 e. The number of nitro groups is 2. The van der Waals surface area contributed by atoms with Gasteiger partial charge < -0.3 is 18.3 Å². The maximum Gasteiger partial charge on any atom is 0.415 e. The Kier molecular flexibility index (Phi) is 15.5. The molecular weight excluding hydrogens is 1350 g/mol. The molecule has 0 spiro atoms. The molecule has 0 N–H and O–H groups in total. The summed E-state index contributed by atoms with van der Waals surface area (Å²) in [6.45, 7) is 16.8. The van der Waals surface area contributed by atoms with E-state index < -0.39 is 21.6 Å². The van der Waals surface area contributed by atoms with Crippen LogP contribution in [0, 0.1) is 63.0 Å². The zero-order chi connectivity index (χ0) is 73.5. The van der Waals surface area contributed by atoms with E-state index in [-0.39, 0.29) is 28.3 Å². The molecule has 0 unspecified atom stereocenters. The van der Waals surface area contributed by atoms with Crippen LogP contribution >= 0.6 is 0 Å². The predicted molar refractivity (Wildman–Crippen MR) is 408 cm³/mol. The van der Waals surface area contributed by atoms with Crippen LogP contribution in [0.3, 0.4) is 0 Å². The van der Waals surface area contributed by atoms with Crippen molar-refractivity contribution in [1.29, 1.82) is 10.5 Å². The van der Waals surface area contributed by atoms with Gasteiger partial charge in [0.2, 0.25) is 0 Å². The van der Waals surface area contributed by atoms with Gasteiger partial charge in [0.1, 0.15) is 0 Å². The quantitative estimate of drug-likeness (QED) is 0.0717. The van der Waals surface area contributed by atoms with Crippen LogP contribution in [0.5, 0.6) is 0 Å². The van der Waals surface area contributed by atoms with Crippen LogP contribution in [0.15, 0.2) is 267 Å². The molecule has 0 amide bonds. The van der Waals surface area contributed by atoms with Gasteiger partial charge in [0, 0.05) is 98.9 Å². The maximum atomic E-state index is 13.8. The molecule has 18 nitrogen and oxygen atoms in total. The zero-order valence-electron chi connectivity index (χ0n) is 55.9. The van der Waals surface area contributed by atoms with Crippen molar-refractivity contribution >= 4 is 110 Å². The molecule has 506 valence electrons. The molecule has 0 saturated heterocycles. The van der Waals surface area contributed by atoms with Crippen molar-refractivity contribution in [1.82, 2.24) is 38.2 Å². The lowest BCUT2D eigenvalue weighted by Crippen LogP contribution is -2.04. The van der Waals surface area contributed by atoms with Gasteiger partial charge in [-0.25, -0.2) is 9.69 Å². The fraction of sp³-hybridized carbons (Fsp3) is 0.0233. The number of fused-ring (bicyclic) bond motifs is 12. The maximum absolute atomic E-state index is 13.8. The van der Waals surface area contributed by atoms with Gasteiger partial charge in [-0.3, -0.25) is 40.2 Å². The molecule has 0 aliphatic heterocycles. The Morgan fingerprint density at radius 1 is 0.374 bits per heavy atom. The third-order valence-electron chi connectivity index (χ3n) is 19.2. The highest BCUT2D eigenvalue weighted by atomic mass is 19.4. The number of hydrogen-bond acceptors (Lipinski definition) is 10. The molecule has 0 aliphatic rings. The first-order chi connectivity index (χ1) is 52.0. The highest BCUT2D eigenvalue weighted by molar-refractivity contribution is 6.12. The van der Waals surface area contributed by atoms with Gasteiger partial charge in [-0.1, -0.05) is 42.5 Å². The second-order valence-electron chi connectivity index (χ2n) is 25.6. The largest absolute Gasteiger partial charge is 0.415 e. The lowest BCUT2D eigenvalue weighted by molar-refractivity contribution is -0.385. The fourth-order valence-corrected chi connectivity index (χ4v) is 14.6. The Balaban J connectivity index is 0.000000157. The summed E-state index contributed by atoms with van der Waals surface area (Å²) in [6, 6.07) is 77.6. The molecule has 0 saturated carbocycles. The zero-order valence-corrected chi connectivity index (χ0v) is 55.9. The summed E-state index contributed by atoms with van der Waals surface area (Å²) in [5.41, 5.74) is 19.8. The molecule has 0 aliphatic carbocycles. The number of nitrogens with zero attached hydrogens (tertiary/aromatic N) is 14. The number of rotatable bonds is 10. The van der Waals surface area contributed by atoms with E-state index in [0.29, 0.717) is 38.9 Å². The standard InChI is InChI=1S/C44H25F3N6.C42H22N8O4/c1-26-16-27(25-48)18-30(17-26)28-10-12-38-36(21-28)42-40(8-4-14-50-42)52(38)34-6-3-7-35(24-34)53-39-13-11-29(22-37(39)43-41(53)9-5-15-51-43)31-19-32(44(45,46)47)23-33(20-31)49-2;1-44-30-17-29(19-34(22-30)50(53)54)27-10-12-38-36(21-27)42-40(8-4-14-46-42)48(38)32-6-2-5-31(23-32)47-37-11-9-26(20-35(37)41-39(47)7-3-13-45-41)28-15-25(24-43)16-33(18-28)49(51)52/h3-24H,1H3;2-23H. The van der Waals surface area contributed by atoms with E-state index in [4.69, 9.17) is 33.1 Å². The third kappa shape index (κ3) is 11.3. The number of pyridine rings is 4. The van der Waals surface area contributed by atoms with Gasteiger partial charge in [-0.15, -0.1) is 0 Å². The SMILES string of the molecule is [C-]#[N+]c1cc(-c2ccc3c(c2)c2ncccc2n3-c2cccc(-n3c4ccc(-c5cc(C#N)cc([N+](=O)[O-])c5)cc4c4ncccc43)c2)cc([N+](=O)[O-])c1.[C-]#[N+]c1cc(-c2ccc3c(c2)c2ncccc2n3-c2cccc(-n3c4ccc(-c5cc(C)cc(C#N)c5)cc4c4ncccc43)c2)cc(C(F)(F)F)c1. The summed E-state index contributed by atoms with van der Waals surface area (Å²) in [6.07, 6.45) is 2.37. The number of non-ortho nitro benzene ring substituents is 2. The van der Waals surface area contributed by atoms with Crippen LogP contribution in [0.1, 0.15) is 22.3 Å². The van der Waals surface area contributed by atoms with Gasteiger partial charge in [0.05, 0.1) is 112 Å². The summed E-state index contributed by atoms with van der Waals surface area (Å²) in [7, 11) is 0. The number of alkyl halides is 3. The lowest BCUT2D eigenvalue weighted by Gasteiger charge is -2.13. The van der Waals surface area contributed by atoms with Crippen LogP contribution in [-0.4, -0.2) is 48.1 Å². The first kappa shape index (κ1) is 64.9. The Bertz CT molecular complexity index is 6850. The van der Waals surface area contributed by atoms with Gasteiger partial charge >= 0.3 is 6.18 Å². The average molecular weight is 1400 g/mol. The van der Waals surface area contributed by atoms with Crippen LogP contribution in [0.4, 0.5) is 35.9 Å². The highest BCUT2D eigenvalue weighted by Crippen LogP contribution is 2.43. The van der Waals surface area contributed by atoms with Crippen LogP contribution in [-0.2, 0) is 6.18 Å². The molecule has 18 rings (SSSR count). The van der Waals surface area contributed by atoms with E-state index in [0.717, 1.165) is 139 Å². The van der Waals surface area contributed by atoms with Crippen molar-refractivity contribution in [3.8, 4) is 79.4 Å². The second kappa shape index (κ2) is 25.6. The van der Waals surface area contributed by atoms with E-state index in [1.54, 1.807) is 43.0 Å². The number of benzene rings is 10. The molecule has 0 radical (unpaired) electrons. The van der Waals surface area contributed by atoms with E-state index in [1.807, 2.05) is 153 Å². The summed E-state index contributed by atoms with van der Waals surface area (Å²) >= 11 is 0. The predicted octanol–water partition coefficient (Wildman–Crippen LogP) is 22.0. The smallest absolute Gasteiger partial charge is 0.308 e. The third-order valence-corrected chi connectivity index (χ3v) is 19.2. The van der Waals surface area contributed by atoms with Crippen LogP contribution < -0.4 is 0 Å². The van der Waals surface area contributed by atoms with Gasteiger partial charge in [-0.2, -0.15) is 23.7 Å². The monoisotopic (exact) mass is 1400 g/mol. The van der Waals surface area contributed by atoms with E-state index in [1.165, 1.54) is 30.3 Å². The topological polar surface area (TPSA) is 214 Å². The van der Waals surface area contributed by atoms with Crippen molar-refractivity contribution in [2.24, 2.45) is 0 Å². The summed E-state index contributed by atoms with van der Waals surface area (Å²) in [4.78, 5) is 48.0. The summed E-state index contributed by atoms with van der Waals surface area (Å²) < 4.78 is 49.8. The van der Waals surface area contributed by atoms with E-state index in [2.05, 4.69) is 76.5 Å². The van der Waals surface area contributed by atoms with Crippen LogP contribution in [0.2, 0.25) is 0 Å². The van der Waals surface area contributed by atoms with Crippen molar-refractivity contribution in [2.75, 3.05) is 0 Å². The van der Waals surface area contributed by atoms with Crippen molar-refractivity contribution in [3.05, 3.63) is 333 Å². The number of nitro benzene ring substituents is 2. The number of aryl methyl sites for hydroxylation is 1. The molecule has 10 aromatic carbocycles. The average Bonchev–Trinajstić information content (AvgIpc) is 1.59. The Hall–Kier alpha value is -15.5. The highest BCUT2D eigenvalue weighted by Gasteiger charge is 2.32. The van der Waals surface area contributed by atoms with Crippen molar-refractivity contribution in [2.45, 2.75) is 13.1 Å². The minimum atomic E-state index is -4.58. The molecule has 21 heteroatoms. The second-order valence-corrected chi connectivity index (χ2v) is 25.6. The number of hydrogen-bond donors (Lipinski definition) is 0. The van der Waals surface area contributed by atoms with Gasteiger partial charge in [0.15, 0.2) is 11.4 Å². The van der Waals surface area contributed by atoms with Gasteiger partial charge in [0.25, 0.3) is 11.4 Å². The normalized spacial score (nSPS) is 11.5. The lowest BCUT2D eigenvalue weighted by atomic mass is 9.99. The number of nitriles is 2. The van der Waals surface area contributed by atoms with Crippen molar-refractivity contribution in [3.63, 3.8) is 0 Å². The minimum absolute atomic E-state index is 0.0768. The molecule has 8 aromatic heterocycles. The van der Waals surface area contributed by atoms with E-state index >= 15 is 0 Å². The molecule has 107 heavy (non-hydrogen) atoms. The van der Waals surface area contributed by atoms with Crippen LogP contribution in [0.25, 0.3) is 165 Å². The van der Waals surface area contributed by atoms with E-state index in [9.17, 15) is 43.9 Å². The first-order valence-electron chi connectivity index (χ1n) is 33.3. The fourth-order valence-electron chi connectivity index (χ4n) is 14.6.